The Morgan fingerprint density at radius 3 is 1.22 bits per heavy atom. The molecular weight excluding hydrogens is 1180 g/mol. The number of hydrogen-bond donors (Lipinski definition) is 6. The van der Waals surface area contributed by atoms with Gasteiger partial charge >= 0.3 is 6.64 Å². The molecule has 85 heavy (non-hydrogen) atoms. The van der Waals surface area contributed by atoms with Gasteiger partial charge in [-0.05, 0) is 183 Å². The zero-order chi connectivity index (χ0) is 62.1. The van der Waals surface area contributed by atoms with E-state index in [9.17, 15) is 0 Å². The summed E-state index contributed by atoms with van der Waals surface area (Å²) in [5, 5.41) is 22.4. The fourth-order valence-electron chi connectivity index (χ4n) is 9.57. The largest absolute Gasteiger partial charge is 0.492 e. The van der Waals surface area contributed by atoms with Crippen molar-refractivity contribution in [2.24, 2.45) is 15.3 Å². The number of anilines is 1. The van der Waals surface area contributed by atoms with Crippen LogP contribution in [0.1, 0.15) is 104 Å². The van der Waals surface area contributed by atoms with Gasteiger partial charge in [0.15, 0.2) is 0 Å². The van der Waals surface area contributed by atoms with Crippen molar-refractivity contribution in [3.05, 3.63) is 119 Å². The van der Waals surface area contributed by atoms with Crippen LogP contribution in [0.5, 0.6) is 17.2 Å². The molecule has 4 aromatic carbocycles. The summed E-state index contributed by atoms with van der Waals surface area (Å²) in [7, 11) is 5.83. The maximum atomic E-state index is 6.72. The number of nitrogens with one attached hydrogen (secondary N) is 6. The van der Waals surface area contributed by atoms with Crippen LogP contribution in [0.2, 0.25) is 0 Å². The average Bonchev–Trinajstić information content (AvgIpc) is 3.60. The first-order valence-corrected chi connectivity index (χ1v) is 39.5. The van der Waals surface area contributed by atoms with Crippen molar-refractivity contribution in [3.63, 3.8) is 0 Å². The van der Waals surface area contributed by atoms with E-state index in [0.717, 1.165) is 164 Å². The van der Waals surface area contributed by atoms with Gasteiger partial charge < -0.3 is 38.3 Å². The van der Waals surface area contributed by atoms with Crippen LogP contribution in [-0.4, -0.2) is 178 Å². The lowest BCUT2D eigenvalue weighted by atomic mass is 10.2. The summed E-state index contributed by atoms with van der Waals surface area (Å²) < 4.78 is 25.3. The van der Waals surface area contributed by atoms with Crippen LogP contribution in [0.3, 0.4) is 0 Å². The third kappa shape index (κ3) is 25.4. The monoisotopic (exact) mass is 1280 g/mol. The van der Waals surface area contributed by atoms with Gasteiger partial charge in [-0.2, -0.15) is 15.3 Å². The molecule has 2 unspecified atom stereocenters. The molecule has 0 saturated heterocycles. The Balaban J connectivity index is 1.56. The second-order valence-electron chi connectivity index (χ2n) is 21.1. The number of nitrogens with zero attached hydrogens (tertiary/aromatic N) is 7. The van der Waals surface area contributed by atoms with E-state index in [1.54, 1.807) is 37.6 Å². The van der Waals surface area contributed by atoms with Gasteiger partial charge in [0.05, 0.1) is 117 Å². The minimum Gasteiger partial charge on any atom is -0.492 e. The minimum absolute atomic E-state index is 0.530. The molecule has 0 bridgehead atoms. The maximum absolute atomic E-state index is 6.72. The van der Waals surface area contributed by atoms with Gasteiger partial charge in [-0.25, -0.2) is 4.78 Å². The van der Waals surface area contributed by atoms with Gasteiger partial charge in [0.2, 0.25) is 0 Å². The molecule has 4 rings (SSSR count). The zero-order valence-electron chi connectivity index (χ0n) is 53.7. The topological polar surface area (TPSA) is 120 Å². The lowest BCUT2D eigenvalue weighted by molar-refractivity contribution is -0.896. The van der Waals surface area contributed by atoms with Gasteiger partial charge in [-0.15, -0.1) is 5.92 Å². The van der Waals surface area contributed by atoms with Crippen LogP contribution in [0.15, 0.2) is 112 Å². The van der Waals surface area contributed by atoms with Crippen molar-refractivity contribution in [1.82, 2.24) is 24.5 Å². The lowest BCUT2D eigenvalue weighted by Crippen LogP contribution is -3.12. The molecule has 0 fully saturated rings. The molecule has 6 N–H and O–H groups in total. The van der Waals surface area contributed by atoms with Crippen LogP contribution in [0, 0.1) is 11.8 Å². The summed E-state index contributed by atoms with van der Waals surface area (Å²) in [5.41, 5.74) is 4.81. The number of ether oxygens (including phenoxy) is 1. The van der Waals surface area contributed by atoms with E-state index in [1.807, 2.05) is 116 Å². The molecule has 0 saturated carbocycles. The highest BCUT2D eigenvalue weighted by atomic mass is 32.5. The Kier molecular flexibility index (Phi) is 34.1. The van der Waals surface area contributed by atoms with E-state index in [1.165, 1.54) is 0 Å². The Morgan fingerprint density at radius 2 is 0.859 bits per heavy atom. The number of likely N-dealkylation sites (N-methyl/N-ethyl adjacent to an activating group) is 3. The second-order valence-corrected chi connectivity index (χ2v) is 33.5. The van der Waals surface area contributed by atoms with Crippen LogP contribution >= 0.6 is 19.3 Å². The van der Waals surface area contributed by atoms with E-state index in [4.69, 9.17) is 64.5 Å². The first kappa shape index (κ1) is 73.2. The van der Waals surface area contributed by atoms with Crippen molar-refractivity contribution in [2.75, 3.05) is 150 Å². The Bertz CT molecular complexity index is 2640. The number of hydrogen-bond acceptors (Lipinski definition) is 10. The SMILES string of the molecule is CC#Cc1ccc(N(CC)CCOc2ccc(/C=N\N(C)P(=S)(Oc3ccc(/C=N\N(C)P(=S)(CCC[NH+](CC)CC)NCC[NH+](CC)CC)cc3)Oc3ccc(/C=N\N(C)P(=S)(CCC[NH+](CC)CC)NCC[NH+](CC)CC)cc3)cc2)cc1. The van der Waals surface area contributed by atoms with Crippen molar-refractivity contribution in [1.29, 1.82) is 0 Å². The molecule has 0 heterocycles. The Labute approximate surface area is 529 Å². The molecule has 0 aromatic heterocycles. The van der Waals surface area contributed by atoms with Crippen molar-refractivity contribution >= 4 is 79.1 Å². The molecule has 0 aliphatic heterocycles. The molecule has 22 heteroatoms. The molecule has 0 spiro atoms. The average molecular weight is 1280 g/mol. The van der Waals surface area contributed by atoms with Crippen molar-refractivity contribution in [2.45, 2.75) is 82.1 Å². The van der Waals surface area contributed by atoms with Crippen LogP contribution in [0.25, 0.3) is 0 Å². The highest BCUT2D eigenvalue weighted by Gasteiger charge is 2.30. The van der Waals surface area contributed by atoms with E-state index in [2.05, 4.69) is 113 Å². The molecule has 2 atom stereocenters. The van der Waals surface area contributed by atoms with Gasteiger partial charge in [0.1, 0.15) is 36.5 Å². The number of rotatable bonds is 43. The highest BCUT2D eigenvalue weighted by molar-refractivity contribution is 8.12. The summed E-state index contributed by atoms with van der Waals surface area (Å²) in [5.74, 6) is 7.93. The molecule has 16 nitrogen and oxygen atoms in total. The summed E-state index contributed by atoms with van der Waals surface area (Å²) >= 11 is 19.3. The number of quaternary nitrogens is 4. The lowest BCUT2D eigenvalue weighted by Gasteiger charge is -2.31. The zero-order valence-corrected chi connectivity index (χ0v) is 58.9. The predicted octanol–water partition coefficient (Wildman–Crippen LogP) is 6.42. The smallest absolute Gasteiger partial charge is 0.410 e. The summed E-state index contributed by atoms with van der Waals surface area (Å²) in [6.07, 6.45) is 5.06. The fourth-order valence-corrected chi connectivity index (χ4v) is 16.9. The standard InChI is InChI=1S/C63H102N13O3P3S3/c1-14-26-56-27-35-60(36-28-56)76(23-10)49-50-77-61-37-29-57(30-38-61)55-66-71(13)82(85,78-62-39-31-58(32-40-62)53-64-69(11)80(83,51-24-45-72(15-2)16-3)67-43-47-74(19-6)20-7)79-63-41-33-59(34-42-63)54-65-70(12)81(84,52-25-46-73(17-4)18-5)68-44-48-75(21-8)22-9/h27-42,53-55H,15-25,43-52H2,1-13H3,(H,67,83)(H,68,84)/p+4/b64-53-,65-54-,66-55-. The molecule has 0 aliphatic rings. The van der Waals surface area contributed by atoms with Crippen LogP contribution in [-0.2, 0) is 35.4 Å². The van der Waals surface area contributed by atoms with Crippen LogP contribution in [0.4, 0.5) is 5.69 Å². The number of benzene rings is 4. The molecule has 0 aliphatic carbocycles. The molecule has 470 valence electrons. The summed E-state index contributed by atoms with van der Waals surface area (Å²) in [4.78, 5) is 8.58. The quantitative estimate of drug-likeness (QED) is 0.0127. The summed E-state index contributed by atoms with van der Waals surface area (Å²) in [6.45, 7) is 35.5. The summed E-state index contributed by atoms with van der Waals surface area (Å²) in [6, 6.07) is 31.7. The molecule has 0 radical (unpaired) electrons. The second kappa shape index (κ2) is 39.6. The predicted molar refractivity (Wildman–Crippen MR) is 375 cm³/mol. The molecule has 4 aromatic rings. The van der Waals surface area contributed by atoms with Gasteiger partial charge in [0, 0.05) is 75.9 Å². The first-order valence-electron chi connectivity index (χ1n) is 31.0. The third-order valence-electron chi connectivity index (χ3n) is 15.7. The number of hydrazone groups is 3. The van der Waals surface area contributed by atoms with Crippen molar-refractivity contribution in [3.8, 4) is 29.1 Å². The van der Waals surface area contributed by atoms with Gasteiger partial charge in [-0.3, -0.25) is 19.7 Å². The third-order valence-corrected chi connectivity index (χ3v) is 27.2. The normalized spacial score (nSPS) is 14.0. The van der Waals surface area contributed by atoms with Gasteiger partial charge in [-0.1, -0.05) is 29.5 Å². The molecular formula is C63H106N13O3P3S3+4. The fraction of sp³-hybridized carbons (Fsp3) is 0.540. The van der Waals surface area contributed by atoms with Gasteiger partial charge in [0.25, 0.3) is 0 Å². The minimum atomic E-state index is -3.38. The first-order chi connectivity index (χ1) is 41.0. The van der Waals surface area contributed by atoms with Crippen molar-refractivity contribution < 1.29 is 33.4 Å². The Hall–Kier alpha value is -4.24. The van der Waals surface area contributed by atoms with E-state index in [0.29, 0.717) is 18.1 Å². The Morgan fingerprint density at radius 1 is 0.494 bits per heavy atom. The van der Waals surface area contributed by atoms with Crippen LogP contribution < -0.4 is 48.5 Å². The highest BCUT2D eigenvalue weighted by Crippen LogP contribution is 2.52. The van der Waals surface area contributed by atoms with E-state index < -0.39 is 19.3 Å². The molecule has 0 amide bonds. The maximum Gasteiger partial charge on any atom is 0.410 e. The van der Waals surface area contributed by atoms with E-state index in [-0.39, 0.29) is 0 Å². The van der Waals surface area contributed by atoms with E-state index >= 15 is 0 Å².